The van der Waals surface area contributed by atoms with Gasteiger partial charge in [-0.05, 0) is 12.1 Å². The molecule has 17 heavy (non-hydrogen) atoms. The number of hydrogen-bond donors (Lipinski definition) is 2. The number of nitrogens with zero attached hydrogens (tertiary/aromatic N) is 1. The summed E-state index contributed by atoms with van der Waals surface area (Å²) in [6.45, 7) is 3.83. The summed E-state index contributed by atoms with van der Waals surface area (Å²) in [6.07, 6.45) is 1.80. The molecular formula is C12H20N2O2P+. The number of benzene rings is 1. The van der Waals surface area contributed by atoms with E-state index in [0.717, 1.165) is 36.9 Å². The van der Waals surface area contributed by atoms with E-state index in [-0.39, 0.29) is 0 Å². The molecule has 5 heteroatoms. The van der Waals surface area contributed by atoms with Gasteiger partial charge in [-0.3, -0.25) is 4.89 Å². The van der Waals surface area contributed by atoms with Crippen LogP contribution >= 0.6 is 7.49 Å². The number of anilines is 2. The highest BCUT2D eigenvalue weighted by Gasteiger charge is 2.34. The highest BCUT2D eigenvalue weighted by atomic mass is 31.2. The number of nitrogen functional groups attached to an aromatic ring is 1. The molecule has 1 heterocycles. The van der Waals surface area contributed by atoms with E-state index in [4.69, 9.17) is 10.5 Å². The number of ether oxygens (including phenoxy) is 1. The lowest BCUT2D eigenvalue weighted by atomic mass is 10.2. The minimum Gasteiger partial charge on any atom is -0.495 e. The zero-order valence-corrected chi connectivity index (χ0v) is 11.3. The first-order valence-electron chi connectivity index (χ1n) is 5.77. The molecule has 1 aliphatic heterocycles. The van der Waals surface area contributed by atoms with Gasteiger partial charge >= 0.3 is 0 Å². The summed E-state index contributed by atoms with van der Waals surface area (Å²) in [4.78, 5) is 12.3. The van der Waals surface area contributed by atoms with E-state index in [2.05, 4.69) is 4.90 Å². The monoisotopic (exact) mass is 255 g/mol. The first-order valence-corrected chi connectivity index (χ1v) is 8.33. The Bertz CT molecular complexity index is 399. The zero-order chi connectivity index (χ0) is 12.5. The van der Waals surface area contributed by atoms with Crippen molar-refractivity contribution in [1.29, 1.82) is 0 Å². The summed E-state index contributed by atoms with van der Waals surface area (Å²) in [5.41, 5.74) is 7.58. The summed E-state index contributed by atoms with van der Waals surface area (Å²) in [5.74, 6) is 0.717. The summed E-state index contributed by atoms with van der Waals surface area (Å²) in [6, 6.07) is 5.85. The van der Waals surface area contributed by atoms with Gasteiger partial charge in [0.25, 0.3) is 0 Å². The van der Waals surface area contributed by atoms with Crippen LogP contribution in [0.1, 0.15) is 0 Å². The predicted molar refractivity (Wildman–Crippen MR) is 74.4 cm³/mol. The zero-order valence-electron chi connectivity index (χ0n) is 10.4. The minimum absolute atomic E-state index is 0.660. The maximum absolute atomic E-state index is 10.0. The van der Waals surface area contributed by atoms with Crippen molar-refractivity contribution < 1.29 is 9.63 Å². The molecule has 1 aromatic carbocycles. The largest absolute Gasteiger partial charge is 0.495 e. The Morgan fingerprint density at radius 3 is 2.59 bits per heavy atom. The van der Waals surface area contributed by atoms with Gasteiger partial charge in [-0.15, -0.1) is 0 Å². The third-order valence-corrected chi connectivity index (χ3v) is 5.61. The fourth-order valence-electron chi connectivity index (χ4n) is 2.05. The molecule has 0 aliphatic carbocycles. The predicted octanol–water partition coefficient (Wildman–Crippen LogP) is 1.65. The average Bonchev–Trinajstić information content (AvgIpc) is 2.30. The van der Waals surface area contributed by atoms with Crippen LogP contribution in [-0.4, -0.2) is 44.1 Å². The van der Waals surface area contributed by atoms with Crippen molar-refractivity contribution >= 4 is 18.9 Å². The molecule has 1 aliphatic rings. The third-order valence-electron chi connectivity index (χ3n) is 3.29. The smallest absolute Gasteiger partial charge is 0.143 e. The van der Waals surface area contributed by atoms with Crippen LogP contribution in [0.3, 0.4) is 0 Å². The third kappa shape index (κ3) is 2.82. The first kappa shape index (κ1) is 12.5. The molecule has 0 atom stereocenters. The van der Waals surface area contributed by atoms with E-state index >= 15 is 0 Å². The van der Waals surface area contributed by atoms with Gasteiger partial charge in [-0.2, -0.15) is 0 Å². The summed E-state index contributed by atoms with van der Waals surface area (Å²) < 4.78 is 5.22. The number of rotatable bonds is 2. The van der Waals surface area contributed by atoms with Gasteiger partial charge in [-0.25, -0.2) is 0 Å². The molecule has 3 N–H and O–H groups in total. The van der Waals surface area contributed by atoms with Crippen LogP contribution in [0.4, 0.5) is 11.4 Å². The van der Waals surface area contributed by atoms with E-state index < -0.39 is 7.49 Å². The summed E-state index contributed by atoms with van der Waals surface area (Å²) in [7, 11) is 0.00663. The maximum Gasteiger partial charge on any atom is 0.143 e. The van der Waals surface area contributed by atoms with Crippen molar-refractivity contribution in [2.24, 2.45) is 0 Å². The molecule has 94 valence electrons. The fourth-order valence-corrected chi connectivity index (χ4v) is 3.62. The molecular weight excluding hydrogens is 235 g/mol. The number of methoxy groups -OCH3 is 1. The quantitative estimate of drug-likeness (QED) is 0.623. The molecule has 0 spiro atoms. The lowest BCUT2D eigenvalue weighted by Gasteiger charge is -2.32. The van der Waals surface area contributed by atoms with E-state index in [0.29, 0.717) is 5.69 Å². The van der Waals surface area contributed by atoms with Crippen molar-refractivity contribution in [2.75, 3.05) is 49.8 Å². The van der Waals surface area contributed by atoms with Crippen LogP contribution in [0, 0.1) is 0 Å². The minimum atomic E-state index is -1.62. The van der Waals surface area contributed by atoms with Crippen LogP contribution < -0.4 is 15.4 Å². The number of hydrogen-bond acceptors (Lipinski definition) is 4. The Morgan fingerprint density at radius 1 is 1.35 bits per heavy atom. The second-order valence-electron chi connectivity index (χ2n) is 4.70. The van der Waals surface area contributed by atoms with Crippen LogP contribution in [0.25, 0.3) is 0 Å². The summed E-state index contributed by atoms with van der Waals surface area (Å²) in [5, 5.41) is 0. The Hall–Kier alpha value is -0.990. The van der Waals surface area contributed by atoms with Gasteiger partial charge < -0.3 is 15.4 Å². The highest BCUT2D eigenvalue weighted by molar-refractivity contribution is 7.69. The van der Waals surface area contributed by atoms with Crippen LogP contribution in [0.2, 0.25) is 0 Å². The van der Waals surface area contributed by atoms with E-state index in [1.165, 1.54) is 0 Å². The van der Waals surface area contributed by atoms with Gasteiger partial charge in [0.15, 0.2) is 0 Å². The molecule has 0 amide bonds. The molecule has 0 saturated carbocycles. The van der Waals surface area contributed by atoms with Crippen molar-refractivity contribution in [3.05, 3.63) is 18.2 Å². The average molecular weight is 255 g/mol. The molecule has 4 nitrogen and oxygen atoms in total. The van der Waals surface area contributed by atoms with Crippen molar-refractivity contribution in [3.8, 4) is 5.75 Å². The van der Waals surface area contributed by atoms with Crippen molar-refractivity contribution in [1.82, 2.24) is 0 Å². The Labute approximate surface area is 103 Å². The van der Waals surface area contributed by atoms with Crippen molar-refractivity contribution in [2.45, 2.75) is 0 Å². The highest BCUT2D eigenvalue weighted by Crippen LogP contribution is 2.52. The molecule has 0 unspecified atom stereocenters. The Kier molecular flexibility index (Phi) is 3.45. The topological polar surface area (TPSA) is 58.7 Å². The normalized spacial score (nSPS) is 19.1. The molecule has 0 aromatic heterocycles. The Morgan fingerprint density at radius 2 is 2.00 bits per heavy atom. The lowest BCUT2D eigenvalue weighted by Crippen LogP contribution is -2.36. The van der Waals surface area contributed by atoms with Crippen LogP contribution in [-0.2, 0) is 0 Å². The first-order chi connectivity index (χ1) is 8.02. The maximum atomic E-state index is 10.0. The molecule has 2 rings (SSSR count). The van der Waals surface area contributed by atoms with E-state index in [9.17, 15) is 4.89 Å². The molecule has 0 radical (unpaired) electrons. The molecule has 0 bridgehead atoms. The summed E-state index contributed by atoms with van der Waals surface area (Å²) >= 11 is 0. The van der Waals surface area contributed by atoms with Crippen molar-refractivity contribution in [3.63, 3.8) is 0 Å². The van der Waals surface area contributed by atoms with E-state index in [1.807, 2.05) is 24.9 Å². The van der Waals surface area contributed by atoms with Gasteiger partial charge in [0.2, 0.25) is 0 Å². The lowest BCUT2D eigenvalue weighted by molar-refractivity contribution is 0.417. The van der Waals surface area contributed by atoms with Gasteiger partial charge in [0.05, 0.1) is 32.6 Å². The van der Waals surface area contributed by atoms with Gasteiger partial charge in [0, 0.05) is 11.8 Å². The molecule has 1 fully saturated rings. The van der Waals surface area contributed by atoms with Gasteiger partial charge in [-0.1, -0.05) is 0 Å². The Balaban J connectivity index is 2.13. The second-order valence-corrected chi connectivity index (χ2v) is 8.27. The molecule has 1 aromatic rings. The van der Waals surface area contributed by atoms with Crippen LogP contribution in [0.5, 0.6) is 5.75 Å². The second kappa shape index (κ2) is 4.71. The fraction of sp³-hybridized carbons (Fsp3) is 0.500. The standard InChI is InChI=1S/C12H20N2O2P/c1-16-12-9-10(3-4-11(12)13)14-5-7-17(2,15)8-6-14/h3-4,9,15H,5-8,13H2,1-2H3/q+1. The SMILES string of the molecule is COc1cc(N2CC[P+](C)(O)CC2)ccc1N. The van der Waals surface area contributed by atoms with Gasteiger partial charge in [0.1, 0.15) is 25.6 Å². The van der Waals surface area contributed by atoms with Crippen LogP contribution in [0.15, 0.2) is 18.2 Å². The number of nitrogens with two attached hydrogens (primary N) is 1. The van der Waals surface area contributed by atoms with E-state index in [1.54, 1.807) is 7.11 Å². The molecule has 1 saturated heterocycles.